The highest BCUT2D eigenvalue weighted by atomic mass is 16.4. The van der Waals surface area contributed by atoms with Gasteiger partial charge < -0.3 is 19.3 Å². The van der Waals surface area contributed by atoms with Crippen molar-refractivity contribution in [3.8, 4) is 11.1 Å². The van der Waals surface area contributed by atoms with Crippen LogP contribution >= 0.6 is 0 Å². The second kappa shape index (κ2) is 9.55. The SMILES string of the molecule is Cc1c(CCC(=O)NC(CC(C)C)C(=O)O)c(=O)oc2cc3occ(-c4ccccc4)c3cc12. The number of aliphatic carboxylic acids is 1. The van der Waals surface area contributed by atoms with Gasteiger partial charge in [-0.15, -0.1) is 0 Å². The number of hydrogen-bond acceptors (Lipinski definition) is 5. The number of furan rings is 1. The molecule has 0 saturated carbocycles. The number of carbonyl (C=O) groups is 2. The highest BCUT2D eigenvalue weighted by Gasteiger charge is 2.22. The van der Waals surface area contributed by atoms with Crippen molar-refractivity contribution in [2.45, 2.75) is 46.1 Å². The van der Waals surface area contributed by atoms with Crippen LogP contribution in [0.1, 0.15) is 37.8 Å². The molecule has 0 fully saturated rings. The number of benzene rings is 2. The highest BCUT2D eigenvalue weighted by Crippen LogP contribution is 2.34. The van der Waals surface area contributed by atoms with Crippen molar-refractivity contribution in [3.63, 3.8) is 0 Å². The van der Waals surface area contributed by atoms with Gasteiger partial charge in [0.2, 0.25) is 5.91 Å². The zero-order valence-corrected chi connectivity index (χ0v) is 19.4. The molecule has 1 unspecified atom stereocenters. The second-order valence-electron chi connectivity index (χ2n) is 8.94. The molecule has 0 aliphatic rings. The zero-order valence-electron chi connectivity index (χ0n) is 19.4. The summed E-state index contributed by atoms with van der Waals surface area (Å²) in [5, 5.41) is 13.6. The molecule has 34 heavy (non-hydrogen) atoms. The quantitative estimate of drug-likeness (QED) is 0.355. The van der Waals surface area contributed by atoms with Gasteiger partial charge in [0.15, 0.2) is 0 Å². The Labute approximate surface area is 196 Å². The minimum absolute atomic E-state index is 0.0117. The van der Waals surface area contributed by atoms with Crippen molar-refractivity contribution in [1.82, 2.24) is 5.32 Å². The molecule has 1 amide bonds. The van der Waals surface area contributed by atoms with Gasteiger partial charge >= 0.3 is 11.6 Å². The summed E-state index contributed by atoms with van der Waals surface area (Å²) in [6.07, 6.45) is 2.16. The fourth-order valence-corrected chi connectivity index (χ4v) is 4.24. The van der Waals surface area contributed by atoms with Crippen LogP contribution < -0.4 is 10.9 Å². The third-order valence-corrected chi connectivity index (χ3v) is 6.01. The minimum atomic E-state index is -1.07. The first kappa shape index (κ1) is 23.3. The number of carboxylic acids is 1. The van der Waals surface area contributed by atoms with E-state index in [4.69, 9.17) is 8.83 Å². The lowest BCUT2D eigenvalue weighted by Gasteiger charge is -2.16. The lowest BCUT2D eigenvalue weighted by molar-refractivity contribution is -0.142. The summed E-state index contributed by atoms with van der Waals surface area (Å²) < 4.78 is 11.3. The molecule has 176 valence electrons. The molecular weight excluding hydrogens is 434 g/mol. The molecule has 0 bridgehead atoms. The van der Waals surface area contributed by atoms with E-state index in [2.05, 4.69) is 5.32 Å². The van der Waals surface area contributed by atoms with Gasteiger partial charge in [-0.3, -0.25) is 4.79 Å². The third-order valence-electron chi connectivity index (χ3n) is 6.01. The maximum atomic E-state index is 12.7. The van der Waals surface area contributed by atoms with Crippen molar-refractivity contribution >= 4 is 33.8 Å². The minimum Gasteiger partial charge on any atom is -0.480 e. The summed E-state index contributed by atoms with van der Waals surface area (Å²) >= 11 is 0. The molecule has 7 nitrogen and oxygen atoms in total. The Balaban J connectivity index is 1.63. The van der Waals surface area contributed by atoms with Crippen LogP contribution in [-0.4, -0.2) is 23.0 Å². The monoisotopic (exact) mass is 461 g/mol. The van der Waals surface area contributed by atoms with Gasteiger partial charge in [0.1, 0.15) is 17.2 Å². The number of aryl methyl sites for hydroxylation is 1. The number of rotatable bonds is 8. The molecule has 4 rings (SSSR count). The molecular formula is C27H27NO6. The van der Waals surface area contributed by atoms with Crippen molar-refractivity contribution < 1.29 is 23.5 Å². The molecule has 0 aliphatic carbocycles. The predicted octanol–water partition coefficient (Wildman–Crippen LogP) is 5.06. The molecule has 0 radical (unpaired) electrons. The number of carbonyl (C=O) groups excluding carboxylic acids is 1. The first-order valence-electron chi connectivity index (χ1n) is 11.3. The van der Waals surface area contributed by atoms with E-state index in [1.807, 2.05) is 57.2 Å². The summed E-state index contributed by atoms with van der Waals surface area (Å²) in [4.78, 5) is 36.5. The molecule has 0 spiro atoms. The lowest BCUT2D eigenvalue weighted by atomic mass is 9.98. The van der Waals surface area contributed by atoms with E-state index in [9.17, 15) is 19.5 Å². The van der Waals surface area contributed by atoms with E-state index in [1.165, 1.54) is 0 Å². The van der Waals surface area contributed by atoms with Gasteiger partial charge in [0.05, 0.1) is 6.26 Å². The third kappa shape index (κ3) is 4.73. The Kier molecular flexibility index (Phi) is 6.54. The number of fused-ring (bicyclic) bond motifs is 2. The fourth-order valence-electron chi connectivity index (χ4n) is 4.24. The van der Waals surface area contributed by atoms with Gasteiger partial charge in [-0.25, -0.2) is 9.59 Å². The van der Waals surface area contributed by atoms with E-state index in [0.717, 1.165) is 27.5 Å². The normalized spacial score (nSPS) is 12.4. The Morgan fingerprint density at radius 2 is 1.79 bits per heavy atom. The van der Waals surface area contributed by atoms with E-state index < -0.39 is 23.5 Å². The van der Waals surface area contributed by atoms with Crippen LogP contribution in [0.25, 0.3) is 33.1 Å². The summed E-state index contributed by atoms with van der Waals surface area (Å²) in [5.74, 6) is -1.36. The van der Waals surface area contributed by atoms with Crippen molar-refractivity contribution in [3.05, 3.63) is 70.3 Å². The van der Waals surface area contributed by atoms with Gasteiger partial charge in [-0.05, 0) is 42.9 Å². The molecule has 2 aromatic heterocycles. The van der Waals surface area contributed by atoms with Gasteiger partial charge in [0, 0.05) is 34.4 Å². The maximum absolute atomic E-state index is 12.7. The van der Waals surface area contributed by atoms with Crippen LogP contribution in [0.4, 0.5) is 0 Å². The van der Waals surface area contributed by atoms with Crippen molar-refractivity contribution in [2.75, 3.05) is 0 Å². The Bertz CT molecular complexity index is 1410. The van der Waals surface area contributed by atoms with E-state index >= 15 is 0 Å². The molecule has 2 N–H and O–H groups in total. The number of amides is 1. The van der Waals surface area contributed by atoms with Crippen LogP contribution in [-0.2, 0) is 16.0 Å². The Morgan fingerprint density at radius 1 is 1.06 bits per heavy atom. The molecule has 2 aromatic carbocycles. The summed E-state index contributed by atoms with van der Waals surface area (Å²) in [5.41, 5.74) is 3.62. The number of nitrogens with one attached hydrogen (secondary N) is 1. The fraction of sp³-hybridized carbons (Fsp3) is 0.296. The number of hydrogen-bond donors (Lipinski definition) is 2. The van der Waals surface area contributed by atoms with Crippen LogP contribution in [0.5, 0.6) is 0 Å². The largest absolute Gasteiger partial charge is 0.480 e. The molecule has 4 aromatic rings. The Hall–Kier alpha value is -3.87. The standard InChI is InChI=1S/C27H27NO6/c1-15(2)11-22(26(30)31)28-25(29)10-9-18-16(3)19-12-20-21(17-7-5-4-6-8-17)14-33-23(20)13-24(19)34-27(18)32/h4-8,12-15,22H,9-11H2,1-3H3,(H,28,29)(H,30,31). The van der Waals surface area contributed by atoms with Gasteiger partial charge in [-0.2, -0.15) is 0 Å². The Morgan fingerprint density at radius 3 is 2.47 bits per heavy atom. The van der Waals surface area contributed by atoms with Crippen LogP contribution in [0.3, 0.4) is 0 Å². The number of carboxylic acid groups (broad SMARTS) is 1. The van der Waals surface area contributed by atoms with Crippen LogP contribution in [0.2, 0.25) is 0 Å². The van der Waals surface area contributed by atoms with Crippen molar-refractivity contribution in [2.24, 2.45) is 5.92 Å². The smallest absolute Gasteiger partial charge is 0.339 e. The van der Waals surface area contributed by atoms with E-state index in [0.29, 0.717) is 23.2 Å². The summed E-state index contributed by atoms with van der Waals surface area (Å²) in [7, 11) is 0. The topological polar surface area (TPSA) is 110 Å². The predicted molar refractivity (Wildman–Crippen MR) is 130 cm³/mol. The van der Waals surface area contributed by atoms with E-state index in [-0.39, 0.29) is 18.8 Å². The first-order valence-corrected chi connectivity index (χ1v) is 11.3. The van der Waals surface area contributed by atoms with Gasteiger partial charge in [0.25, 0.3) is 0 Å². The van der Waals surface area contributed by atoms with Gasteiger partial charge in [-0.1, -0.05) is 44.2 Å². The zero-order chi connectivity index (χ0) is 24.4. The van der Waals surface area contributed by atoms with Crippen LogP contribution in [0, 0.1) is 12.8 Å². The average Bonchev–Trinajstić information content (AvgIpc) is 3.20. The molecule has 0 saturated heterocycles. The molecule has 7 heteroatoms. The second-order valence-corrected chi connectivity index (χ2v) is 8.94. The van der Waals surface area contributed by atoms with Crippen LogP contribution in [0.15, 0.2) is 62.4 Å². The highest BCUT2D eigenvalue weighted by molar-refractivity contribution is 6.02. The maximum Gasteiger partial charge on any atom is 0.339 e. The first-order chi connectivity index (χ1) is 16.2. The molecule has 1 atom stereocenters. The lowest BCUT2D eigenvalue weighted by Crippen LogP contribution is -2.41. The van der Waals surface area contributed by atoms with E-state index in [1.54, 1.807) is 12.3 Å². The summed E-state index contributed by atoms with van der Waals surface area (Å²) in [6.45, 7) is 5.62. The summed E-state index contributed by atoms with van der Waals surface area (Å²) in [6, 6.07) is 12.6. The van der Waals surface area contributed by atoms with Crippen molar-refractivity contribution in [1.29, 1.82) is 0 Å². The molecule has 0 aliphatic heterocycles. The average molecular weight is 462 g/mol. The molecule has 2 heterocycles.